The molecule has 1 heterocycles. The van der Waals surface area contributed by atoms with E-state index in [1.54, 1.807) is 0 Å². The predicted molar refractivity (Wildman–Crippen MR) is 132 cm³/mol. The molecule has 0 aliphatic carbocycles. The molecule has 33 heavy (non-hydrogen) atoms. The Morgan fingerprint density at radius 3 is 1.79 bits per heavy atom. The molecule has 182 valence electrons. The van der Waals surface area contributed by atoms with Crippen molar-refractivity contribution in [2.24, 2.45) is 0 Å². The van der Waals surface area contributed by atoms with Gasteiger partial charge in [-0.2, -0.15) is 0 Å². The molecule has 3 rings (SSSR count). The number of hydrogen-bond acceptors (Lipinski definition) is 6. The average molecular weight is 497 g/mol. The molecule has 2 aromatic rings. The lowest BCUT2D eigenvalue weighted by molar-refractivity contribution is -0.0264. The van der Waals surface area contributed by atoms with Crippen LogP contribution < -0.4 is 0 Å². The maximum Gasteiger partial charge on any atom is 0.0900 e. The first-order valence-corrected chi connectivity index (χ1v) is 12.1. The number of aliphatic hydroxyl groups excluding tert-OH is 2. The molecule has 0 spiro atoms. The van der Waals surface area contributed by atoms with E-state index in [0.29, 0.717) is 49.6 Å². The summed E-state index contributed by atoms with van der Waals surface area (Å²) in [6, 6.07) is 15.3. The quantitative estimate of drug-likeness (QED) is 0.469. The van der Waals surface area contributed by atoms with Crippen LogP contribution in [0.4, 0.5) is 0 Å². The summed E-state index contributed by atoms with van der Waals surface area (Å²) in [6.45, 7) is 7.31. The van der Waals surface area contributed by atoms with Crippen molar-refractivity contribution in [1.82, 2.24) is 9.80 Å². The number of piperazine rings is 1. The largest absolute Gasteiger partial charge is 0.389 e. The highest BCUT2D eigenvalue weighted by atomic mass is 35.5. The molecule has 1 fully saturated rings. The van der Waals surface area contributed by atoms with Gasteiger partial charge in [-0.3, -0.25) is 9.80 Å². The van der Waals surface area contributed by atoms with E-state index in [2.05, 4.69) is 16.7 Å². The van der Waals surface area contributed by atoms with Gasteiger partial charge in [-0.15, -0.1) is 0 Å². The first kappa shape index (κ1) is 26.4. The molecule has 3 unspecified atom stereocenters. The zero-order valence-electron chi connectivity index (χ0n) is 19.1. The van der Waals surface area contributed by atoms with Gasteiger partial charge in [0.05, 0.1) is 38.6 Å². The fraction of sp³-hybridized carbons (Fsp3) is 0.520. The van der Waals surface area contributed by atoms with Gasteiger partial charge in [0.1, 0.15) is 0 Å². The molecule has 0 radical (unpaired) electrons. The standard InChI is InChI=1S/C25H34Cl2N2O4/c1-19-12-28(13-24(30)17-32-15-20-2-6-22(26)7-3-20)10-11-29(19)14-25(31)18-33-16-21-4-8-23(27)9-5-21/h2-9,19,24-25,30-31H,10-18H2,1H3. The van der Waals surface area contributed by atoms with Crippen LogP contribution in [-0.2, 0) is 22.7 Å². The number of halogens is 2. The van der Waals surface area contributed by atoms with Crippen LogP contribution in [-0.4, -0.2) is 84.2 Å². The molecule has 6 nitrogen and oxygen atoms in total. The van der Waals surface area contributed by atoms with Gasteiger partial charge < -0.3 is 19.7 Å². The summed E-state index contributed by atoms with van der Waals surface area (Å²) in [4.78, 5) is 4.52. The van der Waals surface area contributed by atoms with E-state index < -0.39 is 12.2 Å². The highest BCUT2D eigenvalue weighted by molar-refractivity contribution is 6.30. The van der Waals surface area contributed by atoms with E-state index in [1.165, 1.54) is 0 Å². The summed E-state index contributed by atoms with van der Waals surface area (Å²) in [5.41, 5.74) is 2.06. The third-order valence-corrected chi connectivity index (χ3v) is 6.25. The van der Waals surface area contributed by atoms with Crippen LogP contribution in [0, 0.1) is 0 Å². The van der Waals surface area contributed by atoms with Gasteiger partial charge in [0, 0.05) is 48.8 Å². The van der Waals surface area contributed by atoms with E-state index in [1.807, 2.05) is 48.5 Å². The van der Waals surface area contributed by atoms with E-state index in [4.69, 9.17) is 32.7 Å². The molecule has 0 bridgehead atoms. The summed E-state index contributed by atoms with van der Waals surface area (Å²) in [5.74, 6) is 0. The Hall–Kier alpha value is -1.22. The van der Waals surface area contributed by atoms with E-state index in [9.17, 15) is 10.2 Å². The summed E-state index contributed by atoms with van der Waals surface area (Å²) >= 11 is 11.8. The van der Waals surface area contributed by atoms with Crippen LogP contribution in [0.15, 0.2) is 48.5 Å². The van der Waals surface area contributed by atoms with E-state index in [-0.39, 0.29) is 6.04 Å². The molecule has 0 amide bonds. The van der Waals surface area contributed by atoms with E-state index >= 15 is 0 Å². The molecule has 3 atom stereocenters. The number of rotatable bonds is 12. The van der Waals surface area contributed by atoms with Gasteiger partial charge in [0.25, 0.3) is 0 Å². The minimum absolute atomic E-state index is 0.284. The van der Waals surface area contributed by atoms with Crippen molar-refractivity contribution in [3.8, 4) is 0 Å². The molecular weight excluding hydrogens is 463 g/mol. The van der Waals surface area contributed by atoms with Crippen LogP contribution in [0.25, 0.3) is 0 Å². The number of ether oxygens (including phenoxy) is 2. The average Bonchev–Trinajstić information content (AvgIpc) is 2.78. The van der Waals surface area contributed by atoms with Crippen LogP contribution in [0.5, 0.6) is 0 Å². The fourth-order valence-corrected chi connectivity index (χ4v) is 4.22. The van der Waals surface area contributed by atoms with Gasteiger partial charge in [0.15, 0.2) is 0 Å². The second kappa shape index (κ2) is 13.6. The first-order chi connectivity index (χ1) is 15.9. The minimum Gasteiger partial charge on any atom is -0.389 e. The monoisotopic (exact) mass is 496 g/mol. The van der Waals surface area contributed by atoms with Gasteiger partial charge in [-0.05, 0) is 42.3 Å². The summed E-state index contributed by atoms with van der Waals surface area (Å²) < 4.78 is 11.3. The summed E-state index contributed by atoms with van der Waals surface area (Å²) in [5, 5.41) is 22.2. The van der Waals surface area contributed by atoms with Crippen molar-refractivity contribution < 1.29 is 19.7 Å². The topological polar surface area (TPSA) is 65.4 Å². The van der Waals surface area contributed by atoms with Crippen LogP contribution >= 0.6 is 23.2 Å². The predicted octanol–water partition coefficient (Wildman–Crippen LogP) is 3.45. The Morgan fingerprint density at radius 2 is 1.30 bits per heavy atom. The Balaban J connectivity index is 1.29. The van der Waals surface area contributed by atoms with E-state index in [0.717, 1.165) is 30.8 Å². The normalized spacial score (nSPS) is 19.5. The van der Waals surface area contributed by atoms with Gasteiger partial charge in [-0.1, -0.05) is 47.5 Å². The Bertz CT molecular complexity index is 822. The highest BCUT2D eigenvalue weighted by Crippen LogP contribution is 2.14. The van der Waals surface area contributed by atoms with Crippen LogP contribution in [0.1, 0.15) is 18.1 Å². The SMILES string of the molecule is CC1CN(CC(O)COCc2ccc(Cl)cc2)CCN1CC(O)COCc1ccc(Cl)cc1. The fourth-order valence-electron chi connectivity index (χ4n) is 3.97. The zero-order valence-corrected chi connectivity index (χ0v) is 20.6. The van der Waals surface area contributed by atoms with Crippen LogP contribution in [0.2, 0.25) is 10.0 Å². The molecule has 1 saturated heterocycles. The Kier molecular flexibility index (Phi) is 10.9. The molecule has 1 aliphatic heterocycles. The third kappa shape index (κ3) is 9.51. The lowest BCUT2D eigenvalue weighted by Gasteiger charge is -2.41. The Labute approximate surface area is 206 Å². The van der Waals surface area contributed by atoms with Gasteiger partial charge in [-0.25, -0.2) is 0 Å². The van der Waals surface area contributed by atoms with Crippen molar-refractivity contribution in [3.63, 3.8) is 0 Å². The smallest absolute Gasteiger partial charge is 0.0900 e. The maximum atomic E-state index is 10.4. The molecule has 2 aromatic carbocycles. The van der Waals surface area contributed by atoms with Crippen LogP contribution in [0.3, 0.4) is 0 Å². The first-order valence-electron chi connectivity index (χ1n) is 11.4. The second-order valence-electron chi connectivity index (χ2n) is 8.69. The second-order valence-corrected chi connectivity index (χ2v) is 9.57. The number of aliphatic hydroxyl groups is 2. The molecule has 2 N–H and O–H groups in total. The number of β-amino-alcohol motifs (C(OH)–C–C–N with tert-alkyl or cyclic N) is 2. The summed E-state index contributed by atoms with van der Waals surface area (Å²) in [6.07, 6.45) is -1.08. The Morgan fingerprint density at radius 1 is 0.818 bits per heavy atom. The van der Waals surface area contributed by atoms with Crippen molar-refractivity contribution in [2.45, 2.75) is 38.4 Å². The molecule has 0 saturated carbocycles. The van der Waals surface area contributed by atoms with Crippen molar-refractivity contribution >= 4 is 23.2 Å². The summed E-state index contributed by atoms with van der Waals surface area (Å²) in [7, 11) is 0. The molecule has 1 aliphatic rings. The lowest BCUT2D eigenvalue weighted by Crippen LogP contribution is -2.55. The molecule has 8 heteroatoms. The zero-order chi connectivity index (χ0) is 23.6. The number of benzene rings is 2. The van der Waals surface area contributed by atoms with Crippen molar-refractivity contribution in [3.05, 3.63) is 69.7 Å². The minimum atomic E-state index is -0.543. The van der Waals surface area contributed by atoms with Gasteiger partial charge >= 0.3 is 0 Å². The number of hydrogen-bond donors (Lipinski definition) is 2. The van der Waals surface area contributed by atoms with Crippen molar-refractivity contribution in [2.75, 3.05) is 45.9 Å². The van der Waals surface area contributed by atoms with Crippen molar-refractivity contribution in [1.29, 1.82) is 0 Å². The van der Waals surface area contributed by atoms with Gasteiger partial charge in [0.2, 0.25) is 0 Å². The third-order valence-electron chi connectivity index (χ3n) is 5.75. The molecule has 0 aromatic heterocycles. The number of nitrogens with zero attached hydrogens (tertiary/aromatic N) is 2. The molecular formula is C25H34Cl2N2O4. The lowest BCUT2D eigenvalue weighted by atomic mass is 10.1. The highest BCUT2D eigenvalue weighted by Gasteiger charge is 2.26. The maximum absolute atomic E-state index is 10.4.